The fourth-order valence-corrected chi connectivity index (χ4v) is 8.30. The maximum Gasteiger partial charge on any atom is 0.143 e. The molecule has 2 nitrogen and oxygen atoms in total. The van der Waals surface area contributed by atoms with Crippen LogP contribution in [0.2, 0.25) is 0 Å². The zero-order valence-corrected chi connectivity index (χ0v) is 24.4. The van der Waals surface area contributed by atoms with Gasteiger partial charge in [0.1, 0.15) is 22.3 Å². The Morgan fingerprint density at radius 1 is 0.386 bits per heavy atom. The Morgan fingerprint density at radius 3 is 1.82 bits per heavy atom. The highest BCUT2D eigenvalue weighted by Crippen LogP contribution is 2.45. The first-order valence-corrected chi connectivity index (χ1v) is 15.8. The number of benzene rings is 7. The van der Waals surface area contributed by atoms with Crippen molar-refractivity contribution in [1.82, 2.24) is 0 Å². The van der Waals surface area contributed by atoms with Gasteiger partial charge in [-0.3, -0.25) is 0 Å². The van der Waals surface area contributed by atoms with E-state index in [1.165, 1.54) is 42.2 Å². The zero-order valence-electron chi connectivity index (χ0n) is 23.6. The van der Waals surface area contributed by atoms with Crippen molar-refractivity contribution in [2.24, 2.45) is 0 Å². The number of hydrogen-bond donors (Lipinski definition) is 0. The minimum Gasteiger partial charge on any atom is -0.456 e. The van der Waals surface area contributed by atoms with Crippen LogP contribution < -0.4 is 0 Å². The van der Waals surface area contributed by atoms with Gasteiger partial charge in [-0.2, -0.15) is 0 Å². The van der Waals surface area contributed by atoms with Gasteiger partial charge in [-0.05, 0) is 64.5 Å². The van der Waals surface area contributed by atoms with Crippen molar-refractivity contribution >= 4 is 86.2 Å². The molecule has 0 aliphatic carbocycles. The quantitative estimate of drug-likeness (QED) is 0.194. The average molecular weight is 581 g/mol. The molecule has 0 saturated carbocycles. The maximum atomic E-state index is 6.49. The smallest absolute Gasteiger partial charge is 0.143 e. The summed E-state index contributed by atoms with van der Waals surface area (Å²) in [6.45, 7) is 0. The molecule has 3 aromatic heterocycles. The lowest BCUT2D eigenvalue weighted by atomic mass is 9.81. The summed E-state index contributed by atoms with van der Waals surface area (Å²) in [7, 11) is 0. The minimum absolute atomic E-state index is 0.0290. The van der Waals surface area contributed by atoms with E-state index in [0.29, 0.717) is 0 Å². The predicted molar refractivity (Wildman–Crippen MR) is 185 cm³/mol. The van der Waals surface area contributed by atoms with Crippen LogP contribution >= 0.6 is 11.3 Å². The molecule has 1 atom stereocenters. The summed E-state index contributed by atoms with van der Waals surface area (Å²) in [6, 6.07) is 50.2. The molecule has 10 aromatic rings. The van der Waals surface area contributed by atoms with Crippen LogP contribution in [0.5, 0.6) is 0 Å². The van der Waals surface area contributed by atoms with Crippen LogP contribution in [-0.2, 0) is 0 Å². The van der Waals surface area contributed by atoms with Gasteiger partial charge in [0.05, 0.1) is 0 Å². The molecular weight excluding hydrogens is 557 g/mol. The topological polar surface area (TPSA) is 26.3 Å². The van der Waals surface area contributed by atoms with Crippen LogP contribution in [0.25, 0.3) is 74.8 Å². The number of rotatable bonds is 3. The monoisotopic (exact) mass is 580 g/mol. The predicted octanol–water partition coefficient (Wildman–Crippen LogP) is 12.2. The number of thiophene rings is 1. The molecule has 0 fully saturated rings. The highest BCUT2D eigenvalue weighted by Gasteiger charge is 2.24. The Hall–Kier alpha value is -5.38. The first kappa shape index (κ1) is 24.1. The second-order valence-electron chi connectivity index (χ2n) is 11.6. The summed E-state index contributed by atoms with van der Waals surface area (Å²) < 4.78 is 15.5. The van der Waals surface area contributed by atoms with Crippen LogP contribution in [0.15, 0.2) is 148 Å². The third-order valence-corrected chi connectivity index (χ3v) is 10.3. The van der Waals surface area contributed by atoms with E-state index >= 15 is 0 Å². The molecular formula is C41H24O2S. The standard InChI is InChI=1S/C41H24O2S/c1-2-13-31-26(9-1)33(23-34-28-11-4-7-15-36(28)43-41(31)34)40(24-18-20-39-32(21-24)30-12-5-8-16-38(30)44-39)25-17-19-29-27-10-3-6-14-35(27)42-37(29)22-25/h1-23,40H. The molecule has 3 heteroatoms. The van der Waals surface area contributed by atoms with E-state index in [9.17, 15) is 0 Å². The molecule has 44 heavy (non-hydrogen) atoms. The van der Waals surface area contributed by atoms with E-state index in [2.05, 4.69) is 121 Å². The molecule has 0 radical (unpaired) electrons. The van der Waals surface area contributed by atoms with Crippen molar-refractivity contribution in [2.75, 3.05) is 0 Å². The highest BCUT2D eigenvalue weighted by molar-refractivity contribution is 7.25. The summed E-state index contributed by atoms with van der Waals surface area (Å²) in [6.07, 6.45) is 0. The van der Waals surface area contributed by atoms with E-state index in [1.54, 1.807) is 0 Å². The van der Waals surface area contributed by atoms with Crippen molar-refractivity contribution in [3.05, 3.63) is 156 Å². The van der Waals surface area contributed by atoms with Crippen LogP contribution in [-0.4, -0.2) is 0 Å². The van der Waals surface area contributed by atoms with E-state index in [0.717, 1.165) is 49.3 Å². The molecule has 7 aromatic carbocycles. The third kappa shape index (κ3) is 3.42. The Balaban J connectivity index is 1.31. The van der Waals surface area contributed by atoms with Gasteiger partial charge in [-0.25, -0.2) is 0 Å². The van der Waals surface area contributed by atoms with Gasteiger partial charge in [0.15, 0.2) is 0 Å². The lowest BCUT2D eigenvalue weighted by Gasteiger charge is -2.21. The lowest BCUT2D eigenvalue weighted by Crippen LogP contribution is -2.04. The van der Waals surface area contributed by atoms with Gasteiger partial charge in [0.25, 0.3) is 0 Å². The minimum atomic E-state index is -0.0290. The van der Waals surface area contributed by atoms with Crippen molar-refractivity contribution in [1.29, 1.82) is 0 Å². The van der Waals surface area contributed by atoms with Crippen molar-refractivity contribution < 1.29 is 8.83 Å². The van der Waals surface area contributed by atoms with Crippen LogP contribution in [0.1, 0.15) is 22.6 Å². The first-order chi connectivity index (χ1) is 21.8. The molecule has 1 unspecified atom stereocenters. The Kier molecular flexibility index (Phi) is 4.96. The van der Waals surface area contributed by atoms with Gasteiger partial charge < -0.3 is 8.83 Å². The van der Waals surface area contributed by atoms with Crippen molar-refractivity contribution in [3.8, 4) is 0 Å². The van der Waals surface area contributed by atoms with Crippen LogP contribution in [0.3, 0.4) is 0 Å². The van der Waals surface area contributed by atoms with Gasteiger partial charge >= 0.3 is 0 Å². The second-order valence-corrected chi connectivity index (χ2v) is 12.7. The molecule has 0 aliphatic rings. The molecule has 0 saturated heterocycles. The van der Waals surface area contributed by atoms with Gasteiger partial charge in [0, 0.05) is 53.0 Å². The fourth-order valence-electron chi connectivity index (χ4n) is 7.21. The largest absolute Gasteiger partial charge is 0.456 e. The van der Waals surface area contributed by atoms with Crippen LogP contribution in [0.4, 0.5) is 0 Å². The van der Waals surface area contributed by atoms with E-state index in [1.807, 2.05) is 29.5 Å². The van der Waals surface area contributed by atoms with Gasteiger partial charge in [-0.1, -0.05) is 97.1 Å². The Labute approximate surface area is 256 Å². The average Bonchev–Trinajstić information content (AvgIpc) is 3.76. The molecule has 206 valence electrons. The summed E-state index contributed by atoms with van der Waals surface area (Å²) in [4.78, 5) is 0. The van der Waals surface area contributed by atoms with E-state index in [-0.39, 0.29) is 5.92 Å². The van der Waals surface area contributed by atoms with Crippen molar-refractivity contribution in [3.63, 3.8) is 0 Å². The normalized spacial score (nSPS) is 12.9. The summed E-state index contributed by atoms with van der Waals surface area (Å²) in [5.41, 5.74) is 7.40. The zero-order chi connectivity index (χ0) is 28.8. The maximum absolute atomic E-state index is 6.49. The van der Waals surface area contributed by atoms with Gasteiger partial charge in [0.2, 0.25) is 0 Å². The van der Waals surface area contributed by atoms with E-state index < -0.39 is 0 Å². The molecule has 0 amide bonds. The molecule has 0 spiro atoms. The molecule has 10 rings (SSSR count). The fraction of sp³-hybridized carbons (Fsp3) is 0.0244. The Morgan fingerprint density at radius 2 is 0.977 bits per heavy atom. The summed E-state index contributed by atoms with van der Waals surface area (Å²) >= 11 is 1.86. The van der Waals surface area contributed by atoms with Crippen LogP contribution in [0, 0.1) is 0 Å². The second kappa shape index (κ2) is 9.06. The first-order valence-electron chi connectivity index (χ1n) is 15.0. The van der Waals surface area contributed by atoms with Crippen molar-refractivity contribution in [2.45, 2.75) is 5.92 Å². The molecule has 0 aliphatic heterocycles. The van der Waals surface area contributed by atoms with E-state index in [4.69, 9.17) is 8.83 Å². The summed E-state index contributed by atoms with van der Waals surface area (Å²) in [5.74, 6) is -0.0290. The number of fused-ring (bicyclic) bond motifs is 11. The molecule has 0 bridgehead atoms. The highest BCUT2D eigenvalue weighted by atomic mass is 32.1. The summed E-state index contributed by atoms with van der Waals surface area (Å²) in [5, 5.41) is 9.51. The van der Waals surface area contributed by atoms with Gasteiger partial charge in [-0.15, -0.1) is 11.3 Å². The number of furan rings is 2. The number of para-hydroxylation sites is 2. The molecule has 3 heterocycles. The SMILES string of the molecule is c1ccc2c(c1)oc1cc(C(c3ccc4sc5ccccc5c4c3)c3cc4c5ccccc5oc4c4ccccc34)ccc12. The lowest BCUT2D eigenvalue weighted by molar-refractivity contribution is 0.668. The Bertz CT molecular complexity index is 2740. The molecule has 0 N–H and O–H groups in total. The third-order valence-electron chi connectivity index (χ3n) is 9.20. The number of hydrogen-bond acceptors (Lipinski definition) is 3.